The highest BCUT2D eigenvalue weighted by Gasteiger charge is 2.73. The van der Waals surface area contributed by atoms with Gasteiger partial charge in [0.1, 0.15) is 18.8 Å². The van der Waals surface area contributed by atoms with E-state index in [0.29, 0.717) is 30.3 Å². The van der Waals surface area contributed by atoms with Crippen molar-refractivity contribution in [2.24, 2.45) is 50.2 Å². The van der Waals surface area contributed by atoms with Crippen molar-refractivity contribution in [3.05, 3.63) is 23.3 Å². The topological polar surface area (TPSA) is 113 Å². The lowest BCUT2D eigenvalue weighted by atomic mass is 9.33. The van der Waals surface area contributed by atoms with Gasteiger partial charge in [0.05, 0.1) is 17.6 Å². The van der Waals surface area contributed by atoms with Gasteiger partial charge in [-0.3, -0.25) is 4.79 Å². The molecule has 0 spiro atoms. The molecule has 4 saturated carbocycles. The van der Waals surface area contributed by atoms with E-state index in [9.17, 15) is 24.9 Å². The van der Waals surface area contributed by atoms with Gasteiger partial charge in [0.2, 0.25) is 0 Å². The zero-order valence-electron chi connectivity index (χ0n) is 28.8. The second-order valence-corrected chi connectivity index (χ2v) is 17.3. The van der Waals surface area contributed by atoms with Crippen molar-refractivity contribution < 1.29 is 34.4 Å². The maximum Gasteiger partial charge on any atom is 0.333 e. The summed E-state index contributed by atoms with van der Waals surface area (Å²) in [6.45, 7) is 20.5. The Labute approximate surface area is 264 Å². The van der Waals surface area contributed by atoms with Crippen molar-refractivity contribution in [2.45, 2.75) is 139 Å². The van der Waals surface area contributed by atoms with Crippen LogP contribution in [0.2, 0.25) is 0 Å². The first-order chi connectivity index (χ1) is 20.2. The first kappa shape index (κ1) is 33.7. The molecule has 0 heterocycles. The lowest BCUT2D eigenvalue weighted by Gasteiger charge is -2.72. The van der Waals surface area contributed by atoms with Crippen LogP contribution < -0.4 is 0 Å². The lowest BCUT2D eigenvalue weighted by Crippen LogP contribution is -2.72. The van der Waals surface area contributed by atoms with Crippen LogP contribution in [0.15, 0.2) is 23.3 Å². The van der Waals surface area contributed by atoms with Gasteiger partial charge in [-0.25, -0.2) is 4.79 Å². The summed E-state index contributed by atoms with van der Waals surface area (Å²) in [5.74, 6) is -0.406. The second kappa shape index (κ2) is 10.7. The predicted molar refractivity (Wildman–Crippen MR) is 169 cm³/mol. The Bertz CT molecular complexity index is 1250. The Morgan fingerprint density at radius 2 is 1.59 bits per heavy atom. The first-order valence-electron chi connectivity index (χ1n) is 17.0. The molecule has 7 heteroatoms. The number of carbonyl (C=O) groups is 2. The number of ether oxygens (including phenoxy) is 2. The molecule has 3 N–H and O–H groups in total. The smallest absolute Gasteiger partial charge is 0.333 e. The van der Waals surface area contributed by atoms with Crippen LogP contribution in [0, 0.1) is 50.2 Å². The number of hydrogen-bond acceptors (Lipinski definition) is 7. The number of aliphatic hydroxyl groups is 3. The SMILES string of the molecule is C/C=C(/C)C(=O)OC1[C@H](O)[C@]2(COC(C)=O)[C@H](O)C[C@]3(C)C(=CC[C@@H]4[C@@]5(C)CC[C@H](O)C(C)(C)[C@@H]5CC[C@]43C)[C@@H]2CC1(C)C. The number of esters is 2. The quantitative estimate of drug-likeness (QED) is 0.198. The first-order valence-corrected chi connectivity index (χ1v) is 17.0. The Kier molecular flexibility index (Phi) is 8.16. The largest absolute Gasteiger partial charge is 0.465 e. The fraction of sp³-hybridized carbons (Fsp3) is 0.838. The molecule has 7 nitrogen and oxygen atoms in total. The van der Waals surface area contributed by atoms with Crippen molar-refractivity contribution in [1.29, 1.82) is 0 Å². The third-order valence-electron chi connectivity index (χ3n) is 14.6. The monoisotopic (exact) mass is 614 g/mol. The molecule has 5 rings (SSSR count). The van der Waals surface area contributed by atoms with Crippen LogP contribution in [0.25, 0.3) is 0 Å². The summed E-state index contributed by atoms with van der Waals surface area (Å²) >= 11 is 0. The molecule has 0 bridgehead atoms. The predicted octanol–water partition coefficient (Wildman–Crippen LogP) is 6.14. The Hall–Kier alpha value is -1.70. The molecule has 1 unspecified atom stereocenters. The third kappa shape index (κ3) is 4.45. The zero-order valence-corrected chi connectivity index (χ0v) is 28.8. The summed E-state index contributed by atoms with van der Waals surface area (Å²) in [4.78, 5) is 25.2. The molecular formula is C37H58O7. The molecular weight excluding hydrogens is 556 g/mol. The average Bonchev–Trinajstić information content (AvgIpc) is 2.92. The normalized spacial score (nSPS) is 47.6. The molecule has 11 atom stereocenters. The summed E-state index contributed by atoms with van der Waals surface area (Å²) in [5.41, 5.74) is -0.622. The highest BCUT2D eigenvalue weighted by molar-refractivity contribution is 5.87. The summed E-state index contributed by atoms with van der Waals surface area (Å²) in [6, 6.07) is 0. The van der Waals surface area contributed by atoms with Crippen molar-refractivity contribution in [3.8, 4) is 0 Å². The van der Waals surface area contributed by atoms with Gasteiger partial charge in [-0.15, -0.1) is 0 Å². The fourth-order valence-electron chi connectivity index (χ4n) is 11.6. The van der Waals surface area contributed by atoms with E-state index < -0.39 is 41.1 Å². The standard InChI is InChI=1S/C37H58O7/c1-11-21(2)31(42)44-30-29(41)37(20-43-22(3)38)24(18-32(30,4)5)23-12-13-26-34(8)16-15-27(39)33(6,7)25(34)14-17-35(26,9)36(23,10)19-28(37)40/h11-12,24-30,39-41H,13-20H2,1-10H3/b21-11-/t24-,25-,26+,27-,28+,29-,30?,34-,35+,36+,37-/m0/s1. The van der Waals surface area contributed by atoms with Gasteiger partial charge in [0, 0.05) is 17.9 Å². The van der Waals surface area contributed by atoms with Gasteiger partial charge in [-0.2, -0.15) is 0 Å². The Balaban J connectivity index is 1.62. The summed E-state index contributed by atoms with van der Waals surface area (Å²) in [5, 5.41) is 35.7. The van der Waals surface area contributed by atoms with Crippen LogP contribution in [0.3, 0.4) is 0 Å². The van der Waals surface area contributed by atoms with Gasteiger partial charge in [0.25, 0.3) is 0 Å². The van der Waals surface area contributed by atoms with Crippen LogP contribution in [0.4, 0.5) is 0 Å². The van der Waals surface area contributed by atoms with Crippen molar-refractivity contribution in [1.82, 2.24) is 0 Å². The van der Waals surface area contributed by atoms with Gasteiger partial charge >= 0.3 is 11.9 Å². The summed E-state index contributed by atoms with van der Waals surface area (Å²) in [7, 11) is 0. The molecule has 0 saturated heterocycles. The van der Waals surface area contributed by atoms with Gasteiger partial charge in [-0.1, -0.05) is 66.2 Å². The van der Waals surface area contributed by atoms with E-state index in [2.05, 4.69) is 40.7 Å². The van der Waals surface area contributed by atoms with Crippen LogP contribution in [-0.4, -0.2) is 58.3 Å². The number of fused-ring (bicyclic) bond motifs is 7. The number of carbonyl (C=O) groups excluding carboxylic acids is 2. The second-order valence-electron chi connectivity index (χ2n) is 17.3. The molecule has 248 valence electrons. The van der Waals surface area contributed by atoms with Gasteiger partial charge in [0.15, 0.2) is 0 Å². The van der Waals surface area contributed by atoms with Gasteiger partial charge < -0.3 is 24.8 Å². The van der Waals surface area contributed by atoms with Crippen LogP contribution in [0.5, 0.6) is 0 Å². The minimum atomic E-state index is -1.23. The number of hydrogen-bond donors (Lipinski definition) is 3. The number of aliphatic hydroxyl groups excluding tert-OH is 3. The van der Waals surface area contributed by atoms with E-state index in [1.54, 1.807) is 19.9 Å². The van der Waals surface area contributed by atoms with E-state index in [1.165, 1.54) is 12.5 Å². The molecule has 44 heavy (non-hydrogen) atoms. The summed E-state index contributed by atoms with van der Waals surface area (Å²) in [6.07, 6.45) is 6.49. The number of rotatable bonds is 4. The Morgan fingerprint density at radius 3 is 2.20 bits per heavy atom. The fourth-order valence-corrected chi connectivity index (χ4v) is 11.6. The minimum absolute atomic E-state index is 0.0628. The molecule has 0 aromatic heterocycles. The highest BCUT2D eigenvalue weighted by atomic mass is 16.6. The van der Waals surface area contributed by atoms with Gasteiger partial charge in [-0.05, 0) is 98.2 Å². The summed E-state index contributed by atoms with van der Waals surface area (Å²) < 4.78 is 11.7. The van der Waals surface area contributed by atoms with Crippen LogP contribution in [0.1, 0.15) is 114 Å². The van der Waals surface area contributed by atoms with Crippen LogP contribution >= 0.6 is 0 Å². The van der Waals surface area contributed by atoms with E-state index in [-0.39, 0.29) is 40.3 Å². The molecule has 0 radical (unpaired) electrons. The van der Waals surface area contributed by atoms with Crippen molar-refractivity contribution >= 4 is 11.9 Å². The zero-order chi connectivity index (χ0) is 32.8. The lowest BCUT2D eigenvalue weighted by molar-refractivity contribution is -0.262. The molecule has 5 aliphatic carbocycles. The molecule has 0 aliphatic heterocycles. The van der Waals surface area contributed by atoms with Crippen LogP contribution in [-0.2, 0) is 19.1 Å². The van der Waals surface area contributed by atoms with E-state index in [1.807, 2.05) is 13.8 Å². The molecule has 0 amide bonds. The van der Waals surface area contributed by atoms with Crippen molar-refractivity contribution in [3.63, 3.8) is 0 Å². The van der Waals surface area contributed by atoms with E-state index in [4.69, 9.17) is 9.47 Å². The maximum atomic E-state index is 13.0. The molecule has 4 fully saturated rings. The van der Waals surface area contributed by atoms with E-state index >= 15 is 0 Å². The molecule has 0 aromatic rings. The number of allylic oxidation sites excluding steroid dienone is 3. The van der Waals surface area contributed by atoms with Crippen molar-refractivity contribution in [2.75, 3.05) is 6.61 Å². The average molecular weight is 615 g/mol. The molecule has 0 aromatic carbocycles. The van der Waals surface area contributed by atoms with E-state index in [0.717, 1.165) is 32.1 Å². The maximum absolute atomic E-state index is 13.0. The third-order valence-corrected chi connectivity index (χ3v) is 14.6. The molecule has 5 aliphatic rings. The minimum Gasteiger partial charge on any atom is -0.465 e. The highest BCUT2D eigenvalue weighted by Crippen LogP contribution is 2.75. The Morgan fingerprint density at radius 1 is 0.932 bits per heavy atom.